The van der Waals surface area contributed by atoms with E-state index in [2.05, 4.69) is 15.3 Å². The number of nitrogens with one attached hydrogen (secondary N) is 1. The Morgan fingerprint density at radius 3 is 2.54 bits per heavy atom. The van der Waals surface area contributed by atoms with Crippen molar-refractivity contribution >= 4 is 23.7 Å². The molecule has 0 aliphatic carbocycles. The van der Waals surface area contributed by atoms with E-state index < -0.39 is 35.8 Å². The number of amides is 1. The van der Waals surface area contributed by atoms with Crippen LogP contribution >= 0.6 is 0 Å². The lowest BCUT2D eigenvalue weighted by atomic mass is 9.90. The summed E-state index contributed by atoms with van der Waals surface area (Å²) in [6, 6.07) is 15.7. The average Bonchev–Trinajstić information content (AvgIpc) is 2.93. The molecule has 1 aliphatic heterocycles. The topological polar surface area (TPSA) is 114 Å². The van der Waals surface area contributed by atoms with E-state index in [4.69, 9.17) is 9.47 Å². The summed E-state index contributed by atoms with van der Waals surface area (Å²) >= 11 is 0. The van der Waals surface area contributed by atoms with Gasteiger partial charge in [0.15, 0.2) is 0 Å². The van der Waals surface area contributed by atoms with Crippen LogP contribution in [0.5, 0.6) is 0 Å². The van der Waals surface area contributed by atoms with Crippen LogP contribution in [0.1, 0.15) is 40.8 Å². The second-order valence-electron chi connectivity index (χ2n) is 8.99. The van der Waals surface area contributed by atoms with Gasteiger partial charge in [0.1, 0.15) is 6.10 Å². The third-order valence-corrected chi connectivity index (χ3v) is 6.35. The van der Waals surface area contributed by atoms with Crippen molar-refractivity contribution < 1.29 is 37.3 Å². The molecule has 1 aliphatic rings. The highest BCUT2D eigenvalue weighted by Gasteiger charge is 2.38. The average molecular weight is 545 g/mol. The zero-order valence-electron chi connectivity index (χ0n) is 21.0. The van der Waals surface area contributed by atoms with Crippen molar-refractivity contribution in [3.05, 3.63) is 83.2 Å². The number of alkyl halides is 3. The molecule has 1 saturated heterocycles. The second kappa shape index (κ2) is 12.1. The number of benzene rings is 2. The largest absolute Gasteiger partial charge is 0.469 e. The standard InChI is InChI=1S/C27H27F3N4O5/c1-38-23(35)14-19(13-17-5-3-2-4-6-17)24-21(27(28,29)30)15-31-25(33-24)32-20-9-7-18(8-10-20)22-16-34(26(36)37)11-12-39-22/h2-10,15,19,22H,11-14,16H2,1H3,(H,36,37)(H,31,32,33). The van der Waals surface area contributed by atoms with E-state index in [9.17, 15) is 27.9 Å². The summed E-state index contributed by atoms with van der Waals surface area (Å²) < 4.78 is 52.3. The molecule has 206 valence electrons. The highest BCUT2D eigenvalue weighted by atomic mass is 19.4. The van der Waals surface area contributed by atoms with Crippen LogP contribution in [0.4, 0.5) is 29.6 Å². The normalized spacial score (nSPS) is 16.4. The summed E-state index contributed by atoms with van der Waals surface area (Å²) in [5.74, 6) is -1.64. The van der Waals surface area contributed by atoms with Crippen LogP contribution in [0, 0.1) is 0 Å². The fourth-order valence-corrected chi connectivity index (χ4v) is 4.37. The van der Waals surface area contributed by atoms with Gasteiger partial charge in [-0.1, -0.05) is 42.5 Å². The van der Waals surface area contributed by atoms with Gasteiger partial charge in [0.25, 0.3) is 0 Å². The summed E-state index contributed by atoms with van der Waals surface area (Å²) in [6.07, 6.45) is -5.63. The van der Waals surface area contributed by atoms with Crippen LogP contribution < -0.4 is 5.32 Å². The SMILES string of the molecule is COC(=O)CC(Cc1ccccc1)c1nc(Nc2ccc(C3CN(C(=O)O)CCO3)cc2)ncc1C(F)(F)F. The Balaban J connectivity index is 1.60. The monoisotopic (exact) mass is 544 g/mol. The Kier molecular flexibility index (Phi) is 8.65. The highest BCUT2D eigenvalue weighted by molar-refractivity contribution is 5.70. The van der Waals surface area contributed by atoms with Gasteiger partial charge in [-0.05, 0) is 29.7 Å². The number of methoxy groups -OCH3 is 1. The molecule has 2 unspecified atom stereocenters. The molecular formula is C27H27F3N4O5. The van der Waals surface area contributed by atoms with Gasteiger partial charge in [-0.3, -0.25) is 4.79 Å². The van der Waals surface area contributed by atoms with Crippen molar-refractivity contribution in [2.45, 2.75) is 31.0 Å². The fourth-order valence-electron chi connectivity index (χ4n) is 4.37. The first-order valence-electron chi connectivity index (χ1n) is 12.2. The van der Waals surface area contributed by atoms with E-state index in [-0.39, 0.29) is 37.6 Å². The lowest BCUT2D eigenvalue weighted by Crippen LogP contribution is -2.41. The number of hydrogen-bond acceptors (Lipinski definition) is 7. The lowest BCUT2D eigenvalue weighted by molar-refractivity contribution is -0.143. The van der Waals surface area contributed by atoms with Crippen LogP contribution in [0.3, 0.4) is 0 Å². The molecule has 0 bridgehead atoms. The van der Waals surface area contributed by atoms with Crippen LogP contribution in [0.2, 0.25) is 0 Å². The van der Waals surface area contributed by atoms with Gasteiger partial charge in [0.2, 0.25) is 5.95 Å². The van der Waals surface area contributed by atoms with E-state index in [1.54, 1.807) is 54.6 Å². The summed E-state index contributed by atoms with van der Waals surface area (Å²) in [7, 11) is 1.18. The first-order valence-corrected chi connectivity index (χ1v) is 12.2. The number of carbonyl (C=O) groups excluding carboxylic acids is 1. The molecule has 3 aromatic rings. The summed E-state index contributed by atoms with van der Waals surface area (Å²) in [6.45, 7) is 0.756. The number of carbonyl (C=O) groups is 2. The molecule has 0 radical (unpaired) electrons. The highest BCUT2D eigenvalue weighted by Crippen LogP contribution is 2.37. The Hall–Kier alpha value is -4.19. The van der Waals surface area contributed by atoms with Crippen molar-refractivity contribution in [3.8, 4) is 0 Å². The molecule has 2 heterocycles. The van der Waals surface area contributed by atoms with Gasteiger partial charge in [0, 0.05) is 24.3 Å². The minimum absolute atomic E-state index is 0.0698. The first-order chi connectivity index (χ1) is 18.6. The van der Waals surface area contributed by atoms with Gasteiger partial charge < -0.3 is 24.8 Å². The fraction of sp³-hybridized carbons (Fsp3) is 0.333. The van der Waals surface area contributed by atoms with Crippen molar-refractivity contribution in [2.75, 3.05) is 32.1 Å². The molecule has 1 amide bonds. The van der Waals surface area contributed by atoms with Crippen molar-refractivity contribution in [1.82, 2.24) is 14.9 Å². The van der Waals surface area contributed by atoms with Crippen molar-refractivity contribution in [2.24, 2.45) is 0 Å². The van der Waals surface area contributed by atoms with Crippen molar-refractivity contribution in [3.63, 3.8) is 0 Å². The third-order valence-electron chi connectivity index (χ3n) is 6.35. The number of anilines is 2. The van der Waals surface area contributed by atoms with E-state index in [1.165, 1.54) is 12.0 Å². The molecule has 1 aromatic heterocycles. The maximum atomic E-state index is 14.0. The number of carboxylic acid groups (broad SMARTS) is 1. The molecule has 4 rings (SSSR count). The zero-order chi connectivity index (χ0) is 28.0. The van der Waals surface area contributed by atoms with E-state index in [0.717, 1.165) is 11.1 Å². The molecule has 0 spiro atoms. The molecule has 0 saturated carbocycles. The van der Waals surface area contributed by atoms with E-state index in [0.29, 0.717) is 18.4 Å². The number of nitrogens with zero attached hydrogens (tertiary/aromatic N) is 3. The van der Waals surface area contributed by atoms with Gasteiger partial charge in [0.05, 0.1) is 37.9 Å². The molecular weight excluding hydrogens is 517 g/mol. The van der Waals surface area contributed by atoms with Gasteiger partial charge in [-0.15, -0.1) is 0 Å². The second-order valence-corrected chi connectivity index (χ2v) is 8.99. The van der Waals surface area contributed by atoms with Crippen LogP contribution in [0.15, 0.2) is 60.8 Å². The molecule has 2 N–H and O–H groups in total. The predicted molar refractivity (Wildman–Crippen MR) is 135 cm³/mol. The number of hydrogen-bond donors (Lipinski definition) is 2. The Bertz CT molecular complexity index is 1290. The minimum atomic E-state index is -4.73. The maximum Gasteiger partial charge on any atom is 0.419 e. The molecule has 1 fully saturated rings. The van der Waals surface area contributed by atoms with Crippen molar-refractivity contribution in [1.29, 1.82) is 0 Å². The molecule has 12 heteroatoms. The van der Waals surface area contributed by atoms with Gasteiger partial charge >= 0.3 is 18.2 Å². The zero-order valence-corrected chi connectivity index (χ0v) is 21.0. The Morgan fingerprint density at radius 2 is 1.90 bits per heavy atom. The summed E-state index contributed by atoms with van der Waals surface area (Å²) in [5.41, 5.74) is 0.667. The summed E-state index contributed by atoms with van der Waals surface area (Å²) in [4.78, 5) is 32.8. The van der Waals surface area contributed by atoms with E-state index >= 15 is 0 Å². The number of morpholine rings is 1. The summed E-state index contributed by atoms with van der Waals surface area (Å²) in [5, 5.41) is 12.2. The third kappa shape index (κ3) is 7.23. The first kappa shape index (κ1) is 27.8. The van der Waals surface area contributed by atoms with E-state index in [1.807, 2.05) is 0 Å². The lowest BCUT2D eigenvalue weighted by Gasteiger charge is -2.31. The number of ether oxygens (including phenoxy) is 2. The van der Waals surface area contributed by atoms with Crippen LogP contribution in [-0.4, -0.2) is 58.8 Å². The molecule has 2 aromatic carbocycles. The maximum absolute atomic E-state index is 14.0. The van der Waals surface area contributed by atoms with Crippen LogP contribution in [0.25, 0.3) is 0 Å². The number of rotatable bonds is 8. The molecule has 2 atom stereocenters. The Labute approximate surface area is 222 Å². The van der Waals surface area contributed by atoms with Gasteiger partial charge in [-0.25, -0.2) is 14.8 Å². The Morgan fingerprint density at radius 1 is 1.18 bits per heavy atom. The molecule has 9 nitrogen and oxygen atoms in total. The quantitative estimate of drug-likeness (QED) is 0.373. The predicted octanol–water partition coefficient (Wildman–Crippen LogP) is 5.18. The number of aromatic nitrogens is 2. The molecule has 39 heavy (non-hydrogen) atoms. The number of esters is 1. The van der Waals surface area contributed by atoms with Crippen LogP contribution in [-0.2, 0) is 26.9 Å². The minimum Gasteiger partial charge on any atom is -0.469 e. The van der Waals surface area contributed by atoms with Gasteiger partial charge in [-0.2, -0.15) is 13.2 Å². The smallest absolute Gasteiger partial charge is 0.419 e. The number of halogens is 3.